The maximum atomic E-state index is 6.19. The van der Waals surface area contributed by atoms with Crippen LogP contribution >= 0.6 is 12.3 Å². The van der Waals surface area contributed by atoms with Crippen LogP contribution in [0.4, 0.5) is 0 Å². The Morgan fingerprint density at radius 3 is 1.06 bits per heavy atom. The fourth-order valence-electron chi connectivity index (χ4n) is 4.09. The fraction of sp³-hybridized carbons (Fsp3) is 0.571. The Morgan fingerprint density at radius 2 is 0.806 bits per heavy atom. The van der Waals surface area contributed by atoms with Crippen molar-refractivity contribution in [1.29, 1.82) is 0 Å². The molecule has 0 radical (unpaired) electrons. The number of benzene rings is 2. The van der Waals surface area contributed by atoms with Crippen LogP contribution in [0, 0.1) is 0 Å². The highest BCUT2D eigenvalue weighted by molar-refractivity contribution is 7.90. The van der Waals surface area contributed by atoms with E-state index in [-0.39, 0.29) is 21.7 Å². The summed E-state index contributed by atoms with van der Waals surface area (Å²) in [6.07, 6.45) is 0. The van der Waals surface area contributed by atoms with Crippen molar-refractivity contribution in [2.45, 2.75) is 105 Å². The van der Waals surface area contributed by atoms with Gasteiger partial charge in [-0.05, 0) is 44.9 Å². The van der Waals surface area contributed by atoms with Crippen molar-refractivity contribution in [2.75, 3.05) is 0 Å². The molecule has 3 heteroatoms. The highest BCUT2D eigenvalue weighted by Crippen LogP contribution is 2.43. The summed E-state index contributed by atoms with van der Waals surface area (Å²) in [7, 11) is 0. The van der Waals surface area contributed by atoms with Crippen LogP contribution in [0.25, 0.3) is 0 Å². The predicted molar refractivity (Wildman–Crippen MR) is 137 cm³/mol. The Hall–Kier alpha value is -1.61. The van der Waals surface area contributed by atoms with Crippen LogP contribution in [0.15, 0.2) is 36.4 Å². The van der Waals surface area contributed by atoms with Gasteiger partial charge in [-0.1, -0.05) is 107 Å². The van der Waals surface area contributed by atoms with E-state index in [4.69, 9.17) is 8.37 Å². The second kappa shape index (κ2) is 8.73. The molecule has 0 saturated heterocycles. The Balaban J connectivity index is 2.40. The first-order valence-electron chi connectivity index (χ1n) is 11.2. The lowest BCUT2D eigenvalue weighted by atomic mass is 9.75. The van der Waals surface area contributed by atoms with E-state index in [0.29, 0.717) is 0 Å². The smallest absolute Gasteiger partial charge is 0.293 e. The summed E-state index contributed by atoms with van der Waals surface area (Å²) in [6, 6.07) is 12.7. The quantitative estimate of drug-likeness (QED) is 0.440. The van der Waals surface area contributed by atoms with Crippen LogP contribution in [-0.4, -0.2) is 0 Å². The molecule has 0 aromatic heterocycles. The van der Waals surface area contributed by atoms with E-state index < -0.39 is 0 Å². The Bertz CT molecular complexity index is 825. The van der Waals surface area contributed by atoms with Crippen molar-refractivity contribution < 1.29 is 8.37 Å². The zero-order chi connectivity index (χ0) is 23.8. The van der Waals surface area contributed by atoms with Crippen molar-refractivity contribution in [3.05, 3.63) is 58.7 Å². The minimum absolute atomic E-state index is 0.0357. The van der Waals surface area contributed by atoms with E-state index in [1.165, 1.54) is 22.3 Å². The molecule has 0 bridgehead atoms. The van der Waals surface area contributed by atoms with Gasteiger partial charge in [0.05, 0.1) is 0 Å². The summed E-state index contributed by atoms with van der Waals surface area (Å²) in [4.78, 5) is 0. The van der Waals surface area contributed by atoms with Crippen molar-refractivity contribution in [3.8, 4) is 11.5 Å². The molecule has 0 aliphatic carbocycles. The van der Waals surface area contributed by atoms with Crippen molar-refractivity contribution >= 4 is 12.3 Å². The van der Waals surface area contributed by atoms with E-state index in [2.05, 4.69) is 107 Å². The molecule has 0 spiro atoms. The van der Waals surface area contributed by atoms with Gasteiger partial charge in [0.25, 0.3) is 12.3 Å². The molecule has 0 N–H and O–H groups in total. The largest absolute Gasteiger partial charge is 0.391 e. The molecule has 2 aromatic rings. The zero-order valence-electron chi connectivity index (χ0n) is 21.7. The predicted octanol–water partition coefficient (Wildman–Crippen LogP) is 8.90. The molecule has 0 fully saturated rings. The Labute approximate surface area is 195 Å². The third kappa shape index (κ3) is 6.22. The van der Waals surface area contributed by atoms with E-state index in [0.717, 1.165) is 23.8 Å². The molecule has 0 amide bonds. The number of hydrogen-bond acceptors (Lipinski definition) is 3. The number of rotatable bonds is 4. The standard InChI is InChI=1S/C28H42O2S/c1-25(2,3)19-15-13-17-21(23(19)27(7,8)9)29-31-30-22-18-14-16-20(26(4,5)6)24(22)28(10,11)12/h13-18H,1-12H3. The maximum absolute atomic E-state index is 6.19. The molecule has 0 unspecified atom stereocenters. The first-order chi connectivity index (χ1) is 13.9. The number of hydrogen-bond donors (Lipinski definition) is 0. The Morgan fingerprint density at radius 1 is 0.484 bits per heavy atom. The molecule has 2 aromatic carbocycles. The van der Waals surface area contributed by atoms with Gasteiger partial charge in [0.2, 0.25) is 0 Å². The summed E-state index contributed by atoms with van der Waals surface area (Å²) in [5, 5.41) is 0. The minimum Gasteiger partial charge on any atom is -0.391 e. The van der Waals surface area contributed by atoms with E-state index in [1.807, 2.05) is 12.1 Å². The van der Waals surface area contributed by atoms with Gasteiger partial charge in [-0.15, -0.1) is 0 Å². The molecule has 2 nitrogen and oxygen atoms in total. The first kappa shape index (κ1) is 25.6. The van der Waals surface area contributed by atoms with Gasteiger partial charge in [0, 0.05) is 11.1 Å². The zero-order valence-corrected chi connectivity index (χ0v) is 22.5. The van der Waals surface area contributed by atoms with Crippen LogP contribution in [0.1, 0.15) is 105 Å². The second-order valence-electron chi connectivity index (χ2n) is 12.6. The topological polar surface area (TPSA) is 18.5 Å². The molecular formula is C28H42O2S. The highest BCUT2D eigenvalue weighted by Gasteiger charge is 2.30. The molecule has 0 atom stereocenters. The van der Waals surface area contributed by atoms with Crippen molar-refractivity contribution in [1.82, 2.24) is 0 Å². The van der Waals surface area contributed by atoms with Crippen molar-refractivity contribution in [3.63, 3.8) is 0 Å². The lowest BCUT2D eigenvalue weighted by molar-refractivity contribution is 0.474. The van der Waals surface area contributed by atoms with Crippen LogP contribution < -0.4 is 8.37 Å². The molecule has 31 heavy (non-hydrogen) atoms. The van der Waals surface area contributed by atoms with Gasteiger partial charge in [-0.2, -0.15) is 0 Å². The molecule has 0 saturated carbocycles. The van der Waals surface area contributed by atoms with Crippen molar-refractivity contribution in [2.24, 2.45) is 0 Å². The van der Waals surface area contributed by atoms with E-state index in [1.54, 1.807) is 0 Å². The average molecular weight is 443 g/mol. The third-order valence-electron chi connectivity index (χ3n) is 5.42. The molecule has 2 rings (SSSR count). The SMILES string of the molecule is CC(C)(C)c1cccc(OSOc2cccc(C(C)(C)C)c2C(C)(C)C)c1C(C)(C)C. The molecule has 0 aliphatic rings. The summed E-state index contributed by atoms with van der Waals surface area (Å²) in [6.45, 7) is 26.9. The monoisotopic (exact) mass is 442 g/mol. The van der Waals surface area contributed by atoms with Gasteiger partial charge in [0.15, 0.2) is 0 Å². The van der Waals surface area contributed by atoms with E-state index >= 15 is 0 Å². The van der Waals surface area contributed by atoms with Gasteiger partial charge in [-0.25, -0.2) is 0 Å². The molecule has 172 valence electrons. The van der Waals surface area contributed by atoms with Crippen LogP contribution in [0.2, 0.25) is 0 Å². The van der Waals surface area contributed by atoms with Gasteiger partial charge in [-0.3, -0.25) is 0 Å². The Kier molecular flexibility index (Phi) is 7.22. The molecule has 0 aliphatic heterocycles. The summed E-state index contributed by atoms with van der Waals surface area (Å²) >= 11 is 1.06. The van der Waals surface area contributed by atoms with Crippen LogP contribution in [-0.2, 0) is 21.7 Å². The molecule has 0 heterocycles. The summed E-state index contributed by atoms with van der Waals surface area (Å²) in [5.41, 5.74) is 5.08. The van der Waals surface area contributed by atoms with Crippen LogP contribution in [0.3, 0.4) is 0 Å². The average Bonchev–Trinajstić information content (AvgIpc) is 2.58. The lowest BCUT2D eigenvalue weighted by Gasteiger charge is -2.32. The summed E-state index contributed by atoms with van der Waals surface area (Å²) < 4.78 is 12.4. The van der Waals surface area contributed by atoms with Gasteiger partial charge < -0.3 is 8.37 Å². The highest BCUT2D eigenvalue weighted by atomic mass is 32.2. The molecular weight excluding hydrogens is 400 g/mol. The lowest BCUT2D eigenvalue weighted by Crippen LogP contribution is -2.23. The second-order valence-corrected chi connectivity index (χ2v) is 13.1. The maximum Gasteiger partial charge on any atom is 0.293 e. The van der Waals surface area contributed by atoms with E-state index in [9.17, 15) is 0 Å². The fourth-order valence-corrected chi connectivity index (χ4v) is 4.55. The van der Waals surface area contributed by atoms with Crippen LogP contribution in [0.5, 0.6) is 11.5 Å². The first-order valence-corrected chi connectivity index (χ1v) is 11.9. The minimum atomic E-state index is -0.0392. The van der Waals surface area contributed by atoms with Gasteiger partial charge in [0.1, 0.15) is 11.5 Å². The normalized spacial score (nSPS) is 13.3. The van der Waals surface area contributed by atoms with Gasteiger partial charge >= 0.3 is 0 Å². The third-order valence-corrected chi connectivity index (χ3v) is 5.91. The summed E-state index contributed by atoms with van der Waals surface area (Å²) in [5.74, 6) is 1.74.